The first-order valence-electron chi connectivity index (χ1n) is 5.60. The third-order valence-electron chi connectivity index (χ3n) is 2.50. The summed E-state index contributed by atoms with van der Waals surface area (Å²) in [5.41, 5.74) is 7.64. The molecule has 3 N–H and O–H groups in total. The number of hydrogen-bond donors (Lipinski definition) is 2. The third-order valence-corrected chi connectivity index (χ3v) is 2.99. The Bertz CT molecular complexity index is 347. The Kier molecular flexibility index (Phi) is 6.32. The maximum absolute atomic E-state index is 5.89. The average Bonchev–Trinajstić information content (AvgIpc) is 2.29. The zero-order valence-corrected chi connectivity index (χ0v) is 12.0. The number of rotatable bonds is 7. The standard InChI is InChI=1S/C12H20BrN3O/c1-16(7-8-17-2)6-5-15-12-4-3-10(13)9-11(12)14/h3-4,9,15H,5-8,14H2,1-2H3. The van der Waals surface area contributed by atoms with Crippen molar-refractivity contribution >= 4 is 27.3 Å². The summed E-state index contributed by atoms with van der Waals surface area (Å²) in [4.78, 5) is 2.21. The number of nitrogens with zero attached hydrogens (tertiary/aromatic N) is 1. The van der Waals surface area contributed by atoms with Gasteiger partial charge in [-0.1, -0.05) is 15.9 Å². The summed E-state index contributed by atoms with van der Waals surface area (Å²) >= 11 is 3.39. The molecule has 1 aromatic carbocycles. The summed E-state index contributed by atoms with van der Waals surface area (Å²) < 4.78 is 6.02. The second-order valence-corrected chi connectivity index (χ2v) is 4.87. The van der Waals surface area contributed by atoms with Crippen molar-refractivity contribution in [2.75, 3.05) is 51.4 Å². The van der Waals surface area contributed by atoms with Crippen molar-refractivity contribution < 1.29 is 4.74 Å². The molecule has 0 heterocycles. The van der Waals surface area contributed by atoms with Crippen LogP contribution in [0.5, 0.6) is 0 Å². The summed E-state index contributed by atoms with van der Waals surface area (Å²) in [6.07, 6.45) is 0. The van der Waals surface area contributed by atoms with Crippen LogP contribution in [-0.4, -0.2) is 45.3 Å². The maximum Gasteiger partial charge on any atom is 0.0589 e. The molecule has 1 rings (SSSR count). The van der Waals surface area contributed by atoms with E-state index in [9.17, 15) is 0 Å². The minimum atomic E-state index is 0.761. The molecule has 0 unspecified atom stereocenters. The predicted octanol–water partition coefficient (Wildman–Crippen LogP) is 2.02. The number of anilines is 2. The molecule has 4 nitrogen and oxygen atoms in total. The van der Waals surface area contributed by atoms with Crippen molar-refractivity contribution in [2.24, 2.45) is 0 Å². The van der Waals surface area contributed by atoms with Gasteiger partial charge in [0, 0.05) is 31.2 Å². The fraction of sp³-hybridized carbons (Fsp3) is 0.500. The molecular weight excluding hydrogens is 282 g/mol. The van der Waals surface area contributed by atoms with E-state index < -0.39 is 0 Å². The number of hydrogen-bond acceptors (Lipinski definition) is 4. The Morgan fingerprint density at radius 3 is 2.82 bits per heavy atom. The first kappa shape index (κ1) is 14.3. The monoisotopic (exact) mass is 301 g/mol. The van der Waals surface area contributed by atoms with E-state index in [4.69, 9.17) is 10.5 Å². The number of methoxy groups -OCH3 is 1. The van der Waals surface area contributed by atoms with Gasteiger partial charge in [0.2, 0.25) is 0 Å². The summed E-state index contributed by atoms with van der Waals surface area (Å²) in [6.45, 7) is 3.52. The van der Waals surface area contributed by atoms with Gasteiger partial charge in [-0.15, -0.1) is 0 Å². The number of nitrogens with two attached hydrogens (primary N) is 1. The van der Waals surface area contributed by atoms with Gasteiger partial charge >= 0.3 is 0 Å². The van der Waals surface area contributed by atoms with Gasteiger partial charge in [-0.3, -0.25) is 0 Å². The lowest BCUT2D eigenvalue weighted by Gasteiger charge is -2.17. The number of benzene rings is 1. The van der Waals surface area contributed by atoms with Gasteiger partial charge in [0.05, 0.1) is 18.0 Å². The fourth-order valence-corrected chi connectivity index (χ4v) is 1.81. The lowest BCUT2D eigenvalue weighted by molar-refractivity contribution is 0.163. The number of ether oxygens (including phenoxy) is 1. The van der Waals surface area contributed by atoms with Crippen LogP contribution in [0.1, 0.15) is 0 Å². The van der Waals surface area contributed by atoms with Crippen molar-refractivity contribution in [1.82, 2.24) is 4.90 Å². The minimum absolute atomic E-state index is 0.761. The van der Waals surface area contributed by atoms with E-state index in [0.717, 1.165) is 42.1 Å². The van der Waals surface area contributed by atoms with Gasteiger partial charge in [0.15, 0.2) is 0 Å². The maximum atomic E-state index is 5.89. The molecule has 0 atom stereocenters. The lowest BCUT2D eigenvalue weighted by Crippen LogP contribution is -2.28. The van der Waals surface area contributed by atoms with Gasteiger partial charge in [0.25, 0.3) is 0 Å². The molecule has 0 bridgehead atoms. The zero-order chi connectivity index (χ0) is 12.7. The van der Waals surface area contributed by atoms with Crippen LogP contribution in [0.2, 0.25) is 0 Å². The van der Waals surface area contributed by atoms with Crippen LogP contribution < -0.4 is 11.1 Å². The van der Waals surface area contributed by atoms with Crippen LogP contribution in [0.15, 0.2) is 22.7 Å². The second-order valence-electron chi connectivity index (χ2n) is 3.95. The molecule has 0 spiro atoms. The average molecular weight is 302 g/mol. The quantitative estimate of drug-likeness (QED) is 0.757. The second kappa shape index (κ2) is 7.53. The number of halogens is 1. The minimum Gasteiger partial charge on any atom is -0.397 e. The SMILES string of the molecule is COCCN(C)CCNc1ccc(Br)cc1N. The molecule has 0 saturated carbocycles. The summed E-state index contributed by atoms with van der Waals surface area (Å²) in [5.74, 6) is 0. The molecule has 0 radical (unpaired) electrons. The van der Waals surface area contributed by atoms with E-state index in [-0.39, 0.29) is 0 Å². The van der Waals surface area contributed by atoms with Gasteiger partial charge in [-0.2, -0.15) is 0 Å². The van der Waals surface area contributed by atoms with Crippen LogP contribution in [-0.2, 0) is 4.74 Å². The van der Waals surface area contributed by atoms with Crippen LogP contribution in [0.25, 0.3) is 0 Å². The highest BCUT2D eigenvalue weighted by Crippen LogP contribution is 2.22. The molecule has 96 valence electrons. The molecule has 5 heteroatoms. The molecule has 17 heavy (non-hydrogen) atoms. The molecule has 0 saturated heterocycles. The van der Waals surface area contributed by atoms with Crippen LogP contribution >= 0.6 is 15.9 Å². The van der Waals surface area contributed by atoms with Gasteiger partial charge in [-0.05, 0) is 25.2 Å². The van der Waals surface area contributed by atoms with E-state index in [2.05, 4.69) is 33.2 Å². The molecule has 0 aromatic heterocycles. The summed E-state index contributed by atoms with van der Waals surface area (Å²) in [7, 11) is 3.79. The van der Waals surface area contributed by atoms with E-state index >= 15 is 0 Å². The van der Waals surface area contributed by atoms with E-state index in [1.807, 2.05) is 18.2 Å². The topological polar surface area (TPSA) is 50.5 Å². The molecule has 0 amide bonds. The first-order chi connectivity index (χ1) is 8.13. The van der Waals surface area contributed by atoms with Crippen molar-refractivity contribution in [2.45, 2.75) is 0 Å². The Labute approximate surface area is 111 Å². The Hall–Kier alpha value is -0.780. The Balaban J connectivity index is 2.30. The molecule has 0 aliphatic carbocycles. The van der Waals surface area contributed by atoms with E-state index in [0.29, 0.717) is 0 Å². The summed E-state index contributed by atoms with van der Waals surface area (Å²) in [5, 5.41) is 3.32. The van der Waals surface area contributed by atoms with Gasteiger partial charge < -0.3 is 20.7 Å². The van der Waals surface area contributed by atoms with Crippen molar-refractivity contribution in [3.63, 3.8) is 0 Å². The molecular formula is C12H20BrN3O. The molecule has 0 aliphatic rings. The van der Waals surface area contributed by atoms with Crippen LogP contribution in [0, 0.1) is 0 Å². The highest BCUT2D eigenvalue weighted by atomic mass is 79.9. The molecule has 1 aromatic rings. The first-order valence-corrected chi connectivity index (χ1v) is 6.39. The number of nitrogens with one attached hydrogen (secondary N) is 1. The molecule has 0 aliphatic heterocycles. The number of nitrogen functional groups attached to an aromatic ring is 1. The highest BCUT2D eigenvalue weighted by molar-refractivity contribution is 9.10. The van der Waals surface area contributed by atoms with Gasteiger partial charge in [0.1, 0.15) is 0 Å². The summed E-state index contributed by atoms with van der Waals surface area (Å²) in [6, 6.07) is 5.86. The predicted molar refractivity (Wildman–Crippen MR) is 76.4 cm³/mol. The molecule has 0 fully saturated rings. The largest absolute Gasteiger partial charge is 0.397 e. The Morgan fingerprint density at radius 1 is 1.41 bits per heavy atom. The van der Waals surface area contributed by atoms with E-state index in [1.54, 1.807) is 7.11 Å². The zero-order valence-electron chi connectivity index (χ0n) is 10.4. The normalized spacial score (nSPS) is 10.8. The van der Waals surface area contributed by atoms with Crippen LogP contribution in [0.4, 0.5) is 11.4 Å². The number of likely N-dealkylation sites (N-methyl/N-ethyl adjacent to an activating group) is 1. The smallest absolute Gasteiger partial charge is 0.0589 e. The Morgan fingerprint density at radius 2 is 2.18 bits per heavy atom. The third kappa shape index (κ3) is 5.39. The highest BCUT2D eigenvalue weighted by Gasteiger charge is 2.00. The van der Waals surface area contributed by atoms with Gasteiger partial charge in [-0.25, -0.2) is 0 Å². The van der Waals surface area contributed by atoms with E-state index in [1.165, 1.54) is 0 Å². The fourth-order valence-electron chi connectivity index (χ4n) is 1.43. The van der Waals surface area contributed by atoms with Crippen molar-refractivity contribution in [3.8, 4) is 0 Å². The van der Waals surface area contributed by atoms with Crippen LogP contribution in [0.3, 0.4) is 0 Å². The van der Waals surface area contributed by atoms with Crippen molar-refractivity contribution in [3.05, 3.63) is 22.7 Å². The van der Waals surface area contributed by atoms with Crippen molar-refractivity contribution in [1.29, 1.82) is 0 Å². The lowest BCUT2D eigenvalue weighted by atomic mass is 10.2.